The Kier molecular flexibility index (Phi) is 5.73. The van der Waals surface area contributed by atoms with Gasteiger partial charge in [-0.05, 0) is 25.8 Å². The monoisotopic (exact) mass is 334 g/mol. The van der Waals surface area contributed by atoms with E-state index >= 15 is 0 Å². The molecule has 0 spiro atoms. The molecule has 1 aliphatic rings. The number of aromatic nitrogens is 1. The second-order valence-electron chi connectivity index (χ2n) is 5.58. The van der Waals surface area contributed by atoms with E-state index in [1.165, 1.54) is 18.1 Å². The fraction of sp³-hybridized carbons (Fsp3) is 0.500. The molecule has 24 heavy (non-hydrogen) atoms. The number of rotatable bonds is 5. The number of hydrogen-bond acceptors (Lipinski definition) is 5. The molecule has 2 N–H and O–H groups in total. The van der Waals surface area contributed by atoms with E-state index in [0.717, 1.165) is 6.42 Å². The Morgan fingerprint density at radius 3 is 2.79 bits per heavy atom. The van der Waals surface area contributed by atoms with Crippen molar-refractivity contribution in [3.05, 3.63) is 23.4 Å². The zero-order valence-corrected chi connectivity index (χ0v) is 14.1. The third kappa shape index (κ3) is 4.01. The van der Waals surface area contributed by atoms with Crippen LogP contribution in [-0.2, 0) is 9.59 Å². The fourth-order valence-electron chi connectivity index (χ4n) is 2.74. The van der Waals surface area contributed by atoms with Gasteiger partial charge in [-0.25, -0.2) is 4.98 Å². The smallest absolute Gasteiger partial charge is 0.251 e. The average Bonchev–Trinajstić information content (AvgIpc) is 3.07. The Bertz CT molecular complexity index is 647. The number of ether oxygens (including phenoxy) is 1. The Balaban J connectivity index is 1.97. The van der Waals surface area contributed by atoms with Crippen molar-refractivity contribution in [3.63, 3.8) is 0 Å². The van der Waals surface area contributed by atoms with Crippen molar-refractivity contribution in [1.82, 2.24) is 20.5 Å². The van der Waals surface area contributed by atoms with Gasteiger partial charge in [-0.2, -0.15) is 0 Å². The summed E-state index contributed by atoms with van der Waals surface area (Å²) in [5, 5.41) is 5.15. The highest BCUT2D eigenvalue weighted by molar-refractivity contribution is 5.97. The van der Waals surface area contributed by atoms with E-state index in [2.05, 4.69) is 15.6 Å². The highest BCUT2D eigenvalue weighted by Crippen LogP contribution is 2.17. The van der Waals surface area contributed by atoms with Crippen LogP contribution in [-0.4, -0.2) is 60.9 Å². The molecule has 0 aromatic carbocycles. The van der Waals surface area contributed by atoms with Gasteiger partial charge < -0.3 is 20.3 Å². The minimum atomic E-state index is -0.456. The summed E-state index contributed by atoms with van der Waals surface area (Å²) in [5.74, 6) is -0.498. The summed E-state index contributed by atoms with van der Waals surface area (Å²) in [4.78, 5) is 41.9. The normalized spacial score (nSPS) is 16.6. The SMILES string of the molecule is CNC(=O)[C@@H]1CCCN1C(=O)CNC(=O)c1cc(C)nc(OC)c1. The van der Waals surface area contributed by atoms with E-state index in [1.807, 2.05) is 0 Å². The Labute approximate surface area is 140 Å². The molecule has 1 saturated heterocycles. The molecule has 0 unspecified atom stereocenters. The van der Waals surface area contributed by atoms with Crippen molar-refractivity contribution in [2.75, 3.05) is 27.2 Å². The summed E-state index contributed by atoms with van der Waals surface area (Å²) in [6.45, 7) is 2.12. The van der Waals surface area contributed by atoms with Crippen molar-refractivity contribution in [3.8, 4) is 5.88 Å². The van der Waals surface area contributed by atoms with E-state index < -0.39 is 6.04 Å². The summed E-state index contributed by atoms with van der Waals surface area (Å²) in [6.07, 6.45) is 1.42. The molecule has 2 rings (SSSR count). The molecule has 0 bridgehead atoms. The van der Waals surface area contributed by atoms with Crippen LogP contribution in [0.5, 0.6) is 5.88 Å². The second kappa shape index (κ2) is 7.76. The van der Waals surface area contributed by atoms with Gasteiger partial charge in [-0.1, -0.05) is 0 Å². The van der Waals surface area contributed by atoms with Gasteiger partial charge in [0.2, 0.25) is 17.7 Å². The molecule has 8 heteroatoms. The summed E-state index contributed by atoms with van der Waals surface area (Å²) in [6, 6.07) is 2.67. The number of methoxy groups -OCH3 is 1. The van der Waals surface area contributed by atoms with Gasteiger partial charge in [-0.15, -0.1) is 0 Å². The molecule has 1 fully saturated rings. The maximum absolute atomic E-state index is 12.3. The summed E-state index contributed by atoms with van der Waals surface area (Å²) < 4.78 is 5.03. The maximum atomic E-state index is 12.3. The van der Waals surface area contributed by atoms with Crippen molar-refractivity contribution in [2.24, 2.45) is 0 Å². The van der Waals surface area contributed by atoms with Gasteiger partial charge in [0, 0.05) is 30.9 Å². The van der Waals surface area contributed by atoms with E-state index in [0.29, 0.717) is 30.1 Å². The summed E-state index contributed by atoms with van der Waals surface area (Å²) in [5.41, 5.74) is 1.02. The van der Waals surface area contributed by atoms with Crippen molar-refractivity contribution in [1.29, 1.82) is 0 Å². The zero-order chi connectivity index (χ0) is 17.7. The molecule has 130 valence electrons. The average molecular weight is 334 g/mol. The van der Waals surface area contributed by atoms with E-state index in [9.17, 15) is 14.4 Å². The van der Waals surface area contributed by atoms with E-state index in [1.54, 1.807) is 20.0 Å². The number of likely N-dealkylation sites (tertiary alicyclic amines) is 1. The predicted molar refractivity (Wildman–Crippen MR) is 86.7 cm³/mol. The third-order valence-corrected chi connectivity index (χ3v) is 3.92. The molecule has 1 aliphatic heterocycles. The quantitative estimate of drug-likeness (QED) is 0.781. The number of aryl methyl sites for hydroxylation is 1. The van der Waals surface area contributed by atoms with Crippen LogP contribution >= 0.6 is 0 Å². The highest BCUT2D eigenvalue weighted by Gasteiger charge is 2.33. The first kappa shape index (κ1) is 17.7. The molecule has 3 amide bonds. The number of nitrogens with zero attached hydrogens (tertiary/aromatic N) is 2. The molecule has 1 atom stereocenters. The predicted octanol–water partition coefficient (Wildman–Crippen LogP) is -0.135. The Hall–Kier alpha value is -2.64. The van der Waals surface area contributed by atoms with Crippen LogP contribution in [0, 0.1) is 6.92 Å². The largest absolute Gasteiger partial charge is 0.481 e. The van der Waals surface area contributed by atoms with E-state index in [4.69, 9.17) is 4.74 Å². The van der Waals surface area contributed by atoms with Gasteiger partial charge in [0.05, 0.1) is 13.7 Å². The Morgan fingerprint density at radius 1 is 1.38 bits per heavy atom. The van der Waals surface area contributed by atoms with Gasteiger partial charge in [0.25, 0.3) is 5.91 Å². The van der Waals surface area contributed by atoms with Crippen LogP contribution in [0.15, 0.2) is 12.1 Å². The molecule has 2 heterocycles. The topological polar surface area (TPSA) is 101 Å². The highest BCUT2D eigenvalue weighted by atomic mass is 16.5. The number of carbonyl (C=O) groups excluding carboxylic acids is 3. The van der Waals surface area contributed by atoms with Gasteiger partial charge in [0.15, 0.2) is 0 Å². The molecule has 1 aromatic heterocycles. The number of carbonyl (C=O) groups is 3. The molecular formula is C16H22N4O4. The van der Waals surface area contributed by atoms with Crippen LogP contribution in [0.3, 0.4) is 0 Å². The lowest BCUT2D eigenvalue weighted by Crippen LogP contribution is -2.48. The number of likely N-dealkylation sites (N-methyl/N-ethyl adjacent to an activating group) is 1. The minimum absolute atomic E-state index is 0.157. The summed E-state index contributed by atoms with van der Waals surface area (Å²) >= 11 is 0. The molecule has 1 aromatic rings. The summed E-state index contributed by atoms with van der Waals surface area (Å²) in [7, 11) is 3.02. The first-order chi connectivity index (χ1) is 11.5. The van der Waals surface area contributed by atoms with Crippen molar-refractivity contribution >= 4 is 17.7 Å². The minimum Gasteiger partial charge on any atom is -0.481 e. The Morgan fingerprint density at radius 2 is 2.12 bits per heavy atom. The lowest BCUT2D eigenvalue weighted by atomic mass is 10.2. The lowest BCUT2D eigenvalue weighted by molar-refractivity contribution is -0.137. The molecule has 8 nitrogen and oxygen atoms in total. The molecule has 0 saturated carbocycles. The van der Waals surface area contributed by atoms with Crippen molar-refractivity contribution < 1.29 is 19.1 Å². The first-order valence-electron chi connectivity index (χ1n) is 7.78. The maximum Gasteiger partial charge on any atom is 0.251 e. The molecule has 0 radical (unpaired) electrons. The molecular weight excluding hydrogens is 312 g/mol. The third-order valence-electron chi connectivity index (χ3n) is 3.92. The second-order valence-corrected chi connectivity index (χ2v) is 5.58. The van der Waals surface area contributed by atoms with Crippen LogP contribution in [0.1, 0.15) is 28.9 Å². The zero-order valence-electron chi connectivity index (χ0n) is 14.1. The van der Waals surface area contributed by atoms with Crippen LogP contribution in [0.25, 0.3) is 0 Å². The number of hydrogen-bond donors (Lipinski definition) is 2. The van der Waals surface area contributed by atoms with Gasteiger partial charge in [0.1, 0.15) is 6.04 Å². The number of pyridine rings is 1. The van der Waals surface area contributed by atoms with Crippen LogP contribution < -0.4 is 15.4 Å². The van der Waals surface area contributed by atoms with Crippen LogP contribution in [0.2, 0.25) is 0 Å². The standard InChI is InChI=1S/C16H22N4O4/c1-10-7-11(8-13(19-10)24-3)15(22)18-9-14(21)20-6-4-5-12(20)16(23)17-2/h7-8,12H,4-6,9H2,1-3H3,(H,17,23)(H,18,22)/t12-/m0/s1. The van der Waals surface area contributed by atoms with Gasteiger partial charge in [-0.3, -0.25) is 14.4 Å². The number of amides is 3. The number of nitrogens with one attached hydrogen (secondary N) is 2. The lowest BCUT2D eigenvalue weighted by Gasteiger charge is -2.23. The van der Waals surface area contributed by atoms with E-state index in [-0.39, 0.29) is 24.3 Å². The van der Waals surface area contributed by atoms with Gasteiger partial charge >= 0.3 is 0 Å². The van der Waals surface area contributed by atoms with Crippen LogP contribution in [0.4, 0.5) is 0 Å². The van der Waals surface area contributed by atoms with Crippen molar-refractivity contribution in [2.45, 2.75) is 25.8 Å². The molecule has 0 aliphatic carbocycles. The first-order valence-corrected chi connectivity index (χ1v) is 7.78. The fourth-order valence-corrected chi connectivity index (χ4v) is 2.74.